The van der Waals surface area contributed by atoms with Gasteiger partial charge in [-0.1, -0.05) is 30.3 Å². The van der Waals surface area contributed by atoms with Crippen LogP contribution in [-0.2, 0) is 22.4 Å². The Bertz CT molecular complexity index is 1190. The van der Waals surface area contributed by atoms with Gasteiger partial charge in [-0.25, -0.2) is 4.79 Å². The van der Waals surface area contributed by atoms with E-state index in [0.29, 0.717) is 5.75 Å². The molecule has 1 atom stereocenters. The zero-order valence-corrected chi connectivity index (χ0v) is 20.6. The summed E-state index contributed by atoms with van der Waals surface area (Å²) < 4.78 is 12.0. The molecule has 35 heavy (non-hydrogen) atoms. The monoisotopic (exact) mass is 480 g/mol. The number of nitrogens with zero attached hydrogens (tertiary/aromatic N) is 3. The minimum absolute atomic E-state index is 0.155. The quantitative estimate of drug-likeness (QED) is 0.478. The van der Waals surface area contributed by atoms with Crippen LogP contribution >= 0.6 is 0 Å². The lowest BCUT2D eigenvalue weighted by atomic mass is 10.1. The van der Waals surface area contributed by atoms with Gasteiger partial charge in [-0.2, -0.15) is 0 Å². The number of ether oxygens (including phenoxy) is 2. The minimum Gasteiger partial charge on any atom is -0.497 e. The number of aromatic nitrogens is 1. The van der Waals surface area contributed by atoms with Gasteiger partial charge in [0, 0.05) is 31.6 Å². The standard InChI is InChI=1S/C26H32N4O5/c1-28(2)13-12-19-16-30(22-11-10-20(34-4)15-21(19)22)24(31)17-29(3)25(32)23(35-26(27)33)14-18-8-6-5-7-9-18/h5-11,15-16,23H,12-14,17H2,1-4H3,(H2,27,33)/t23-/m0/s1. The van der Waals surface area contributed by atoms with Crippen LogP contribution < -0.4 is 10.5 Å². The zero-order valence-electron chi connectivity index (χ0n) is 20.6. The lowest BCUT2D eigenvalue weighted by molar-refractivity contribution is -0.138. The van der Waals surface area contributed by atoms with E-state index < -0.39 is 18.1 Å². The second-order valence-electron chi connectivity index (χ2n) is 8.66. The molecule has 0 aliphatic carbocycles. The summed E-state index contributed by atoms with van der Waals surface area (Å²) in [6.07, 6.45) is 0.540. The third kappa shape index (κ3) is 6.60. The molecule has 9 heteroatoms. The van der Waals surface area contributed by atoms with Gasteiger partial charge in [-0.3, -0.25) is 14.2 Å². The maximum atomic E-state index is 13.3. The van der Waals surface area contributed by atoms with Gasteiger partial charge in [0.2, 0.25) is 0 Å². The van der Waals surface area contributed by atoms with Crippen molar-refractivity contribution in [2.75, 3.05) is 41.3 Å². The maximum absolute atomic E-state index is 13.3. The molecule has 2 aromatic carbocycles. The van der Waals surface area contributed by atoms with Gasteiger partial charge in [-0.15, -0.1) is 0 Å². The number of carbonyl (C=O) groups excluding carboxylic acids is 3. The third-order valence-electron chi connectivity index (χ3n) is 5.74. The number of rotatable bonds is 10. The predicted molar refractivity (Wildman–Crippen MR) is 134 cm³/mol. The maximum Gasteiger partial charge on any atom is 0.405 e. The highest BCUT2D eigenvalue weighted by atomic mass is 16.6. The van der Waals surface area contributed by atoms with Crippen LogP contribution in [0.1, 0.15) is 15.9 Å². The summed E-state index contributed by atoms with van der Waals surface area (Å²) in [7, 11) is 7.09. The van der Waals surface area contributed by atoms with E-state index in [1.54, 1.807) is 17.7 Å². The van der Waals surface area contributed by atoms with Crippen LogP contribution in [-0.4, -0.2) is 79.7 Å². The van der Waals surface area contributed by atoms with Crippen molar-refractivity contribution in [3.63, 3.8) is 0 Å². The van der Waals surface area contributed by atoms with Gasteiger partial charge in [0.25, 0.3) is 11.8 Å². The van der Waals surface area contributed by atoms with Gasteiger partial charge in [0.05, 0.1) is 12.6 Å². The topological polar surface area (TPSA) is 107 Å². The second-order valence-corrected chi connectivity index (χ2v) is 8.66. The number of fused-ring (bicyclic) bond motifs is 1. The number of amides is 2. The van der Waals surface area contributed by atoms with Crippen molar-refractivity contribution in [2.24, 2.45) is 5.73 Å². The lowest BCUT2D eigenvalue weighted by Gasteiger charge is -2.23. The highest BCUT2D eigenvalue weighted by Gasteiger charge is 2.27. The zero-order chi connectivity index (χ0) is 25.5. The van der Waals surface area contributed by atoms with E-state index in [9.17, 15) is 14.4 Å². The number of likely N-dealkylation sites (N-methyl/N-ethyl adjacent to an activating group) is 2. The van der Waals surface area contributed by atoms with Gasteiger partial charge >= 0.3 is 6.09 Å². The first-order chi connectivity index (χ1) is 16.7. The average molecular weight is 481 g/mol. The molecule has 2 N–H and O–H groups in total. The van der Waals surface area contributed by atoms with Crippen molar-refractivity contribution in [3.8, 4) is 5.75 Å². The molecular formula is C26H32N4O5. The second kappa shape index (κ2) is 11.5. The molecule has 0 radical (unpaired) electrons. The number of hydrogen-bond acceptors (Lipinski definition) is 6. The Morgan fingerprint density at radius 3 is 2.40 bits per heavy atom. The van der Waals surface area contributed by atoms with Crippen molar-refractivity contribution in [1.82, 2.24) is 14.4 Å². The normalized spacial score (nSPS) is 11.9. The Morgan fingerprint density at radius 2 is 1.77 bits per heavy atom. The number of methoxy groups -OCH3 is 1. The van der Waals surface area contributed by atoms with Gasteiger partial charge in [0.1, 0.15) is 12.3 Å². The molecule has 3 aromatic rings. The summed E-state index contributed by atoms with van der Waals surface area (Å²) in [4.78, 5) is 41.1. The van der Waals surface area contributed by atoms with Gasteiger partial charge in [0.15, 0.2) is 6.10 Å². The first-order valence-electron chi connectivity index (χ1n) is 11.3. The number of benzene rings is 2. The van der Waals surface area contributed by atoms with Crippen LogP contribution in [0.4, 0.5) is 4.79 Å². The summed E-state index contributed by atoms with van der Waals surface area (Å²) in [6.45, 7) is 0.615. The summed E-state index contributed by atoms with van der Waals surface area (Å²) >= 11 is 0. The van der Waals surface area contributed by atoms with Gasteiger partial charge in [-0.05, 0) is 49.8 Å². The van der Waals surface area contributed by atoms with E-state index >= 15 is 0 Å². The summed E-state index contributed by atoms with van der Waals surface area (Å²) in [5.74, 6) is -0.0925. The molecule has 0 saturated carbocycles. The molecule has 186 valence electrons. The molecule has 0 aliphatic heterocycles. The highest BCUT2D eigenvalue weighted by Crippen LogP contribution is 2.27. The van der Waals surface area contributed by atoms with Crippen molar-refractivity contribution >= 4 is 28.8 Å². The van der Waals surface area contributed by atoms with Crippen LogP contribution in [0.25, 0.3) is 10.9 Å². The Balaban J connectivity index is 1.82. The van der Waals surface area contributed by atoms with Crippen LogP contribution in [0.5, 0.6) is 5.75 Å². The largest absolute Gasteiger partial charge is 0.497 e. The van der Waals surface area contributed by atoms with Gasteiger partial charge < -0.3 is 25.0 Å². The highest BCUT2D eigenvalue weighted by molar-refractivity contribution is 5.97. The first kappa shape index (κ1) is 25.8. The van der Waals surface area contributed by atoms with E-state index in [4.69, 9.17) is 15.2 Å². The molecular weight excluding hydrogens is 448 g/mol. The van der Waals surface area contributed by atoms with Crippen molar-refractivity contribution in [1.29, 1.82) is 0 Å². The number of primary amides is 1. The van der Waals surface area contributed by atoms with Crippen molar-refractivity contribution in [3.05, 3.63) is 65.9 Å². The van der Waals surface area contributed by atoms with Crippen molar-refractivity contribution < 1.29 is 23.9 Å². The van der Waals surface area contributed by atoms with E-state index in [0.717, 1.165) is 35.0 Å². The van der Waals surface area contributed by atoms with E-state index in [-0.39, 0.29) is 18.9 Å². The Labute approximate surface area is 205 Å². The Hall–Kier alpha value is -3.85. The average Bonchev–Trinajstić information content (AvgIpc) is 3.20. The molecule has 9 nitrogen and oxygen atoms in total. The van der Waals surface area contributed by atoms with Crippen molar-refractivity contribution in [2.45, 2.75) is 18.9 Å². The lowest BCUT2D eigenvalue weighted by Crippen LogP contribution is -2.44. The van der Waals surface area contributed by atoms with E-state index in [1.807, 2.05) is 62.8 Å². The van der Waals surface area contributed by atoms with E-state index in [2.05, 4.69) is 4.90 Å². The molecule has 0 spiro atoms. The molecule has 0 bridgehead atoms. The molecule has 0 saturated heterocycles. The third-order valence-corrected chi connectivity index (χ3v) is 5.74. The number of carbonyl (C=O) groups is 3. The fourth-order valence-corrected chi connectivity index (χ4v) is 3.90. The molecule has 0 fully saturated rings. The number of nitrogens with two attached hydrogens (primary N) is 1. The fourth-order valence-electron chi connectivity index (χ4n) is 3.90. The fraction of sp³-hybridized carbons (Fsp3) is 0.346. The summed E-state index contributed by atoms with van der Waals surface area (Å²) in [6, 6.07) is 14.7. The molecule has 0 aliphatic rings. The molecule has 1 heterocycles. The molecule has 0 unspecified atom stereocenters. The summed E-state index contributed by atoms with van der Waals surface area (Å²) in [5.41, 5.74) is 7.75. The predicted octanol–water partition coefficient (Wildman–Crippen LogP) is 2.56. The van der Waals surface area contributed by atoms with Crippen LogP contribution in [0.3, 0.4) is 0 Å². The molecule has 2 amide bonds. The Kier molecular flexibility index (Phi) is 8.48. The summed E-state index contributed by atoms with van der Waals surface area (Å²) in [5, 5.41) is 0.924. The smallest absolute Gasteiger partial charge is 0.405 e. The van der Waals surface area contributed by atoms with Crippen LogP contribution in [0.15, 0.2) is 54.7 Å². The van der Waals surface area contributed by atoms with E-state index in [1.165, 1.54) is 11.9 Å². The molecule has 1 aromatic heterocycles. The Morgan fingerprint density at radius 1 is 1.06 bits per heavy atom. The number of hydrogen-bond donors (Lipinski definition) is 1. The first-order valence-corrected chi connectivity index (χ1v) is 11.3. The molecule has 3 rings (SSSR count). The van der Waals surface area contributed by atoms with Crippen LogP contribution in [0, 0.1) is 0 Å². The SMILES string of the molecule is COc1ccc2c(c1)c(CCN(C)C)cn2C(=O)CN(C)C(=O)[C@H](Cc1ccccc1)OC(N)=O. The minimum atomic E-state index is -1.13. The van der Waals surface area contributed by atoms with Crippen LogP contribution in [0.2, 0.25) is 0 Å².